The van der Waals surface area contributed by atoms with Crippen molar-refractivity contribution < 1.29 is 24.2 Å². The van der Waals surface area contributed by atoms with Gasteiger partial charge in [-0.2, -0.15) is 0 Å². The molecule has 0 spiro atoms. The average molecular weight is 245 g/mol. The molecule has 0 radical (unpaired) electrons. The molecule has 1 amide bonds. The van der Waals surface area contributed by atoms with Gasteiger partial charge in [0.25, 0.3) is 0 Å². The van der Waals surface area contributed by atoms with E-state index in [1.165, 1.54) is 0 Å². The summed E-state index contributed by atoms with van der Waals surface area (Å²) in [7, 11) is 0. The van der Waals surface area contributed by atoms with E-state index >= 15 is 0 Å². The topological polar surface area (TPSA) is 84.9 Å². The fourth-order valence-electron chi connectivity index (χ4n) is 1.64. The Kier molecular flexibility index (Phi) is 4.74. The molecule has 1 aliphatic rings. The quantitative estimate of drug-likeness (QED) is 0.663. The monoisotopic (exact) mass is 245 g/mol. The van der Waals surface area contributed by atoms with Gasteiger partial charge in [-0.05, 0) is 26.7 Å². The summed E-state index contributed by atoms with van der Waals surface area (Å²) in [5, 5.41) is 12.3. The first kappa shape index (κ1) is 13.8. The van der Waals surface area contributed by atoms with Crippen molar-refractivity contribution in [3.05, 3.63) is 0 Å². The lowest BCUT2D eigenvalue weighted by molar-refractivity contribution is -0.154. The maximum absolute atomic E-state index is 11.6. The Hall–Kier alpha value is -1.30. The minimum absolute atomic E-state index is 0.00233. The molecule has 0 aromatic rings. The van der Waals surface area contributed by atoms with Gasteiger partial charge in [0.15, 0.2) is 0 Å². The first-order valence-electron chi connectivity index (χ1n) is 5.82. The van der Waals surface area contributed by atoms with Crippen LogP contribution >= 0.6 is 0 Å². The van der Waals surface area contributed by atoms with Crippen LogP contribution in [0.5, 0.6) is 0 Å². The number of aliphatic hydroxyl groups is 1. The lowest BCUT2D eigenvalue weighted by Gasteiger charge is -2.20. The van der Waals surface area contributed by atoms with E-state index in [2.05, 4.69) is 10.1 Å². The van der Waals surface area contributed by atoms with Gasteiger partial charge < -0.3 is 19.9 Å². The van der Waals surface area contributed by atoms with Gasteiger partial charge in [0.2, 0.25) is 0 Å². The fraction of sp³-hybridized carbons (Fsp3) is 0.818. The molecule has 6 nitrogen and oxygen atoms in total. The zero-order valence-corrected chi connectivity index (χ0v) is 10.2. The summed E-state index contributed by atoms with van der Waals surface area (Å²) in [4.78, 5) is 22.6. The molecule has 1 saturated carbocycles. The highest BCUT2D eigenvalue weighted by molar-refractivity contribution is 5.80. The summed E-state index contributed by atoms with van der Waals surface area (Å²) in [5.41, 5.74) is -0.824. The summed E-state index contributed by atoms with van der Waals surface area (Å²) >= 11 is 0. The molecule has 1 aliphatic carbocycles. The van der Waals surface area contributed by atoms with E-state index in [9.17, 15) is 14.7 Å². The molecule has 1 unspecified atom stereocenters. The SMILES string of the molecule is CCOC(=O)NCC(O)C1(C(=O)OCC)CC1. The molecule has 1 fully saturated rings. The number of hydrogen-bond acceptors (Lipinski definition) is 5. The molecule has 0 saturated heterocycles. The third-order valence-electron chi connectivity index (χ3n) is 2.82. The number of esters is 1. The molecule has 98 valence electrons. The maximum Gasteiger partial charge on any atom is 0.407 e. The Morgan fingerprint density at radius 1 is 1.29 bits per heavy atom. The molecule has 6 heteroatoms. The Labute approximate surface area is 100 Å². The van der Waals surface area contributed by atoms with Crippen LogP contribution in [0.2, 0.25) is 0 Å². The molecule has 0 heterocycles. The third kappa shape index (κ3) is 3.33. The second-order valence-electron chi connectivity index (χ2n) is 3.99. The van der Waals surface area contributed by atoms with Gasteiger partial charge in [0.1, 0.15) is 0 Å². The standard InChI is InChI=1S/C11H19NO5/c1-3-16-9(14)11(5-6-11)8(13)7-12-10(15)17-4-2/h8,13H,3-7H2,1-2H3,(H,12,15). The molecule has 0 aromatic carbocycles. The van der Waals surface area contributed by atoms with Gasteiger partial charge in [-0.25, -0.2) is 4.79 Å². The third-order valence-corrected chi connectivity index (χ3v) is 2.82. The molecular formula is C11H19NO5. The van der Waals surface area contributed by atoms with Crippen LogP contribution in [0.1, 0.15) is 26.7 Å². The minimum Gasteiger partial charge on any atom is -0.465 e. The molecular weight excluding hydrogens is 226 g/mol. The lowest BCUT2D eigenvalue weighted by atomic mass is 9.99. The molecule has 17 heavy (non-hydrogen) atoms. The van der Waals surface area contributed by atoms with Gasteiger partial charge in [0, 0.05) is 6.54 Å². The zero-order valence-electron chi connectivity index (χ0n) is 10.2. The van der Waals surface area contributed by atoms with Crippen LogP contribution in [-0.4, -0.2) is 43.0 Å². The van der Waals surface area contributed by atoms with Crippen molar-refractivity contribution in [1.82, 2.24) is 5.32 Å². The first-order valence-corrected chi connectivity index (χ1v) is 5.82. The second kappa shape index (κ2) is 5.86. The van der Waals surface area contributed by atoms with E-state index < -0.39 is 23.6 Å². The number of carbonyl (C=O) groups excluding carboxylic acids is 2. The largest absolute Gasteiger partial charge is 0.465 e. The Morgan fingerprint density at radius 3 is 2.35 bits per heavy atom. The van der Waals surface area contributed by atoms with E-state index in [0.29, 0.717) is 19.4 Å². The zero-order chi connectivity index (χ0) is 12.9. The van der Waals surface area contributed by atoms with Crippen LogP contribution in [-0.2, 0) is 14.3 Å². The van der Waals surface area contributed by atoms with Crippen LogP contribution in [0, 0.1) is 5.41 Å². The highest BCUT2D eigenvalue weighted by atomic mass is 16.5. The smallest absolute Gasteiger partial charge is 0.407 e. The molecule has 1 rings (SSSR count). The number of aliphatic hydroxyl groups excluding tert-OH is 1. The van der Waals surface area contributed by atoms with Crippen LogP contribution in [0.4, 0.5) is 4.79 Å². The first-order chi connectivity index (χ1) is 8.06. The number of alkyl carbamates (subject to hydrolysis) is 1. The Morgan fingerprint density at radius 2 is 1.88 bits per heavy atom. The number of ether oxygens (including phenoxy) is 2. The summed E-state index contributed by atoms with van der Waals surface area (Å²) in [6.45, 7) is 3.97. The molecule has 0 bridgehead atoms. The van der Waals surface area contributed by atoms with Gasteiger partial charge in [-0.15, -0.1) is 0 Å². The van der Waals surface area contributed by atoms with Crippen LogP contribution in [0.15, 0.2) is 0 Å². The van der Waals surface area contributed by atoms with Gasteiger partial charge >= 0.3 is 12.1 Å². The molecule has 0 aliphatic heterocycles. The van der Waals surface area contributed by atoms with Crippen molar-refractivity contribution >= 4 is 12.1 Å². The Bertz CT molecular complexity index is 288. The summed E-state index contributed by atoms with van der Waals surface area (Å²) in [6.07, 6.45) is -0.327. The Balaban J connectivity index is 2.39. The fourth-order valence-corrected chi connectivity index (χ4v) is 1.64. The van der Waals surface area contributed by atoms with E-state index in [-0.39, 0.29) is 13.2 Å². The van der Waals surface area contributed by atoms with E-state index in [0.717, 1.165) is 0 Å². The number of carbonyl (C=O) groups is 2. The van der Waals surface area contributed by atoms with Crippen molar-refractivity contribution in [2.45, 2.75) is 32.8 Å². The van der Waals surface area contributed by atoms with Crippen LogP contribution < -0.4 is 5.32 Å². The number of rotatable bonds is 6. The lowest BCUT2D eigenvalue weighted by Crippen LogP contribution is -2.41. The van der Waals surface area contributed by atoms with Crippen molar-refractivity contribution in [2.24, 2.45) is 5.41 Å². The number of amides is 1. The summed E-state index contributed by atoms with van der Waals surface area (Å²) in [5.74, 6) is -0.391. The maximum atomic E-state index is 11.6. The van der Waals surface area contributed by atoms with Crippen molar-refractivity contribution in [2.75, 3.05) is 19.8 Å². The van der Waals surface area contributed by atoms with Crippen molar-refractivity contribution in [3.8, 4) is 0 Å². The van der Waals surface area contributed by atoms with Gasteiger partial charge in [-0.3, -0.25) is 4.79 Å². The predicted octanol–water partition coefficient (Wildman–Crippen LogP) is 0.437. The average Bonchev–Trinajstić information content (AvgIpc) is 3.08. The van der Waals surface area contributed by atoms with Gasteiger partial charge in [-0.1, -0.05) is 0 Å². The second-order valence-corrected chi connectivity index (χ2v) is 3.99. The molecule has 2 N–H and O–H groups in total. The highest BCUT2D eigenvalue weighted by Crippen LogP contribution is 2.49. The van der Waals surface area contributed by atoms with Crippen LogP contribution in [0.3, 0.4) is 0 Å². The van der Waals surface area contributed by atoms with Crippen molar-refractivity contribution in [1.29, 1.82) is 0 Å². The van der Waals surface area contributed by atoms with E-state index in [1.807, 2.05) is 0 Å². The van der Waals surface area contributed by atoms with Gasteiger partial charge in [0.05, 0.1) is 24.7 Å². The normalized spacial score (nSPS) is 18.1. The molecule has 0 aromatic heterocycles. The number of hydrogen-bond donors (Lipinski definition) is 2. The van der Waals surface area contributed by atoms with E-state index in [4.69, 9.17) is 4.74 Å². The number of nitrogens with one attached hydrogen (secondary N) is 1. The van der Waals surface area contributed by atoms with Crippen molar-refractivity contribution in [3.63, 3.8) is 0 Å². The summed E-state index contributed by atoms with van der Waals surface area (Å²) < 4.78 is 9.56. The summed E-state index contributed by atoms with van der Waals surface area (Å²) in [6, 6.07) is 0. The highest BCUT2D eigenvalue weighted by Gasteiger charge is 2.56. The molecule has 1 atom stereocenters. The predicted molar refractivity (Wildman–Crippen MR) is 59.3 cm³/mol. The van der Waals surface area contributed by atoms with Crippen LogP contribution in [0.25, 0.3) is 0 Å². The van der Waals surface area contributed by atoms with E-state index in [1.54, 1.807) is 13.8 Å². The minimum atomic E-state index is -0.925.